The molecule has 100 valence electrons. The molecule has 1 aromatic rings. The molecule has 3 nitrogen and oxygen atoms in total. The van der Waals surface area contributed by atoms with Crippen LogP contribution in [0.3, 0.4) is 0 Å². The fraction of sp³-hybridized carbons (Fsp3) is 0.583. The summed E-state index contributed by atoms with van der Waals surface area (Å²) in [7, 11) is 0. The van der Waals surface area contributed by atoms with Crippen molar-refractivity contribution >= 4 is 5.82 Å². The summed E-state index contributed by atoms with van der Waals surface area (Å²) in [5.74, 6) is 0.410. The van der Waals surface area contributed by atoms with Gasteiger partial charge in [0, 0.05) is 12.1 Å². The van der Waals surface area contributed by atoms with Gasteiger partial charge in [-0.1, -0.05) is 0 Å². The number of nitrogens with zero attached hydrogens (tertiary/aromatic N) is 2. The lowest BCUT2D eigenvalue weighted by atomic mass is 10.2. The van der Waals surface area contributed by atoms with E-state index in [1.807, 2.05) is 0 Å². The fourth-order valence-electron chi connectivity index (χ4n) is 2.37. The van der Waals surface area contributed by atoms with Crippen LogP contribution < -0.4 is 9.64 Å². The third kappa shape index (κ3) is 2.86. The number of rotatable bonds is 2. The highest BCUT2D eigenvalue weighted by Gasteiger charge is 2.32. The Bertz CT molecular complexity index is 395. The number of aromatic nitrogens is 1. The van der Waals surface area contributed by atoms with Crippen molar-refractivity contribution in [3.05, 3.63) is 18.3 Å². The Balaban J connectivity index is 2.12. The monoisotopic (exact) mass is 260 g/mol. The number of ether oxygens (including phenoxy) is 1. The molecule has 1 aliphatic rings. The molecule has 0 radical (unpaired) electrons. The van der Waals surface area contributed by atoms with Gasteiger partial charge in [0.15, 0.2) is 0 Å². The van der Waals surface area contributed by atoms with E-state index >= 15 is 0 Å². The van der Waals surface area contributed by atoms with Crippen molar-refractivity contribution in [3.63, 3.8) is 0 Å². The van der Waals surface area contributed by atoms with Crippen LogP contribution in [0.4, 0.5) is 19.0 Å². The lowest BCUT2D eigenvalue weighted by molar-refractivity contribution is -0.274. The highest BCUT2D eigenvalue weighted by atomic mass is 19.4. The Labute approximate surface area is 104 Å². The van der Waals surface area contributed by atoms with Crippen molar-refractivity contribution in [2.24, 2.45) is 0 Å². The van der Waals surface area contributed by atoms with E-state index in [9.17, 15) is 13.2 Å². The second-order valence-corrected chi connectivity index (χ2v) is 4.58. The summed E-state index contributed by atoms with van der Waals surface area (Å²) in [4.78, 5) is 6.17. The molecule has 1 saturated heterocycles. The average molecular weight is 260 g/mol. The van der Waals surface area contributed by atoms with Crippen LogP contribution in [0.5, 0.6) is 5.75 Å². The first-order chi connectivity index (χ1) is 8.37. The third-order valence-electron chi connectivity index (χ3n) is 3.17. The maximum absolute atomic E-state index is 12.0. The van der Waals surface area contributed by atoms with Crippen molar-refractivity contribution in [1.29, 1.82) is 0 Å². The Morgan fingerprint density at radius 3 is 2.28 bits per heavy atom. The molecule has 6 heteroatoms. The van der Waals surface area contributed by atoms with Gasteiger partial charge in [0.2, 0.25) is 0 Å². The van der Waals surface area contributed by atoms with Crippen molar-refractivity contribution in [3.8, 4) is 5.75 Å². The predicted octanol–water partition coefficient (Wildman–Crippen LogP) is 3.36. The van der Waals surface area contributed by atoms with E-state index in [0.29, 0.717) is 17.9 Å². The van der Waals surface area contributed by atoms with Gasteiger partial charge in [-0.2, -0.15) is 0 Å². The average Bonchev–Trinajstić information content (AvgIpc) is 2.58. The summed E-state index contributed by atoms with van der Waals surface area (Å²) in [5, 5.41) is 0. The van der Waals surface area contributed by atoms with Crippen LogP contribution in [-0.2, 0) is 0 Å². The largest absolute Gasteiger partial charge is 0.573 e. The molecular weight excluding hydrogens is 245 g/mol. The van der Waals surface area contributed by atoms with Gasteiger partial charge in [-0.3, -0.25) is 0 Å². The van der Waals surface area contributed by atoms with Gasteiger partial charge in [-0.15, -0.1) is 13.2 Å². The van der Waals surface area contributed by atoms with Gasteiger partial charge in [0.25, 0.3) is 0 Å². The van der Waals surface area contributed by atoms with Crippen molar-refractivity contribution in [1.82, 2.24) is 4.98 Å². The van der Waals surface area contributed by atoms with Gasteiger partial charge in [-0.25, -0.2) is 4.98 Å². The van der Waals surface area contributed by atoms with E-state index in [4.69, 9.17) is 0 Å². The van der Waals surface area contributed by atoms with Gasteiger partial charge in [0.1, 0.15) is 11.6 Å². The maximum atomic E-state index is 12.0. The van der Waals surface area contributed by atoms with Crippen molar-refractivity contribution < 1.29 is 17.9 Å². The topological polar surface area (TPSA) is 25.4 Å². The molecule has 0 bridgehead atoms. The van der Waals surface area contributed by atoms with Crippen LogP contribution in [0.2, 0.25) is 0 Å². The Morgan fingerprint density at radius 2 is 1.83 bits per heavy atom. The normalized spacial score (nSPS) is 24.4. The predicted molar refractivity (Wildman–Crippen MR) is 61.6 cm³/mol. The van der Waals surface area contributed by atoms with Crippen LogP contribution in [0.1, 0.15) is 26.7 Å². The molecular formula is C12H15F3N2O. The van der Waals surface area contributed by atoms with Crippen LogP contribution in [0, 0.1) is 0 Å². The molecule has 1 aliphatic heterocycles. The standard InChI is InChI=1S/C12H15F3N2O/c1-8-3-4-9(2)17(8)11-6-5-10(7-16-11)18-12(13,14)15/h5-9H,3-4H2,1-2H3. The number of halogens is 3. The molecule has 2 rings (SSSR count). The minimum atomic E-state index is -4.67. The summed E-state index contributed by atoms with van der Waals surface area (Å²) in [5.41, 5.74) is 0. The number of pyridine rings is 1. The zero-order valence-corrected chi connectivity index (χ0v) is 10.2. The first-order valence-corrected chi connectivity index (χ1v) is 5.87. The molecule has 1 aromatic heterocycles. The van der Waals surface area contributed by atoms with Gasteiger partial charge < -0.3 is 9.64 Å². The van der Waals surface area contributed by atoms with Crippen LogP contribution in [0.15, 0.2) is 18.3 Å². The summed E-state index contributed by atoms with van der Waals surface area (Å²) in [6.07, 6.45) is -1.41. The van der Waals surface area contributed by atoms with Gasteiger partial charge >= 0.3 is 6.36 Å². The van der Waals surface area contributed by atoms with E-state index < -0.39 is 6.36 Å². The van der Waals surface area contributed by atoms with E-state index in [-0.39, 0.29) is 5.75 Å². The number of hydrogen-bond donors (Lipinski definition) is 0. The molecule has 0 aliphatic carbocycles. The molecule has 2 atom stereocenters. The molecule has 2 unspecified atom stereocenters. The second kappa shape index (κ2) is 4.66. The zero-order valence-electron chi connectivity index (χ0n) is 10.2. The Kier molecular flexibility index (Phi) is 3.36. The van der Waals surface area contributed by atoms with E-state index in [2.05, 4.69) is 28.5 Å². The minimum Gasteiger partial charge on any atom is -0.404 e. The SMILES string of the molecule is CC1CCC(C)N1c1ccc(OC(F)(F)F)cn1. The summed E-state index contributed by atoms with van der Waals surface area (Å²) < 4.78 is 39.8. The second-order valence-electron chi connectivity index (χ2n) is 4.58. The van der Waals surface area contributed by atoms with E-state index in [1.54, 1.807) is 6.07 Å². The molecule has 18 heavy (non-hydrogen) atoms. The van der Waals surface area contributed by atoms with Crippen LogP contribution in [0.25, 0.3) is 0 Å². The lowest BCUT2D eigenvalue weighted by Gasteiger charge is -2.27. The molecule has 0 saturated carbocycles. The number of hydrogen-bond acceptors (Lipinski definition) is 3. The van der Waals surface area contributed by atoms with Gasteiger partial charge in [-0.05, 0) is 38.8 Å². The highest BCUT2D eigenvalue weighted by Crippen LogP contribution is 2.30. The highest BCUT2D eigenvalue weighted by molar-refractivity contribution is 5.44. The van der Waals surface area contributed by atoms with E-state index in [1.165, 1.54) is 6.07 Å². The van der Waals surface area contributed by atoms with E-state index in [0.717, 1.165) is 19.0 Å². The first kappa shape index (κ1) is 13.0. The zero-order chi connectivity index (χ0) is 13.3. The minimum absolute atomic E-state index is 0.286. The molecule has 2 heterocycles. The Hall–Kier alpha value is -1.46. The van der Waals surface area contributed by atoms with Crippen molar-refractivity contribution in [2.45, 2.75) is 45.1 Å². The number of anilines is 1. The molecule has 1 fully saturated rings. The Morgan fingerprint density at radius 1 is 1.22 bits per heavy atom. The fourth-order valence-corrected chi connectivity index (χ4v) is 2.37. The molecule has 0 amide bonds. The maximum Gasteiger partial charge on any atom is 0.573 e. The molecule has 0 aromatic carbocycles. The smallest absolute Gasteiger partial charge is 0.404 e. The third-order valence-corrected chi connectivity index (χ3v) is 3.17. The van der Waals surface area contributed by atoms with Crippen LogP contribution in [-0.4, -0.2) is 23.4 Å². The lowest BCUT2D eigenvalue weighted by Crippen LogP contribution is -2.33. The summed E-state index contributed by atoms with van der Waals surface area (Å²) in [6.45, 7) is 4.18. The molecule has 0 N–H and O–H groups in total. The number of alkyl halides is 3. The molecule has 0 spiro atoms. The van der Waals surface area contributed by atoms with Gasteiger partial charge in [0.05, 0.1) is 6.20 Å². The van der Waals surface area contributed by atoms with Crippen LogP contribution >= 0.6 is 0 Å². The first-order valence-electron chi connectivity index (χ1n) is 5.87. The summed E-state index contributed by atoms with van der Waals surface area (Å²) in [6, 6.07) is 3.59. The summed E-state index contributed by atoms with van der Waals surface area (Å²) >= 11 is 0. The van der Waals surface area contributed by atoms with Crippen molar-refractivity contribution in [2.75, 3.05) is 4.90 Å². The quantitative estimate of drug-likeness (QED) is 0.815.